The molecule has 6 heteroatoms. The predicted octanol–water partition coefficient (Wildman–Crippen LogP) is 0.422. The molecule has 0 radical (unpaired) electrons. The van der Waals surface area contributed by atoms with Crippen molar-refractivity contribution >= 4 is 12.0 Å². The minimum absolute atomic E-state index is 0.156. The minimum atomic E-state index is -0.696. The van der Waals surface area contributed by atoms with Crippen LogP contribution in [0.2, 0.25) is 0 Å². The van der Waals surface area contributed by atoms with E-state index in [4.69, 9.17) is 9.15 Å². The van der Waals surface area contributed by atoms with Gasteiger partial charge in [0.05, 0.1) is 25.3 Å². The zero-order valence-electron chi connectivity index (χ0n) is 9.27. The normalized spacial score (nSPS) is 18.1. The first-order valence-electron chi connectivity index (χ1n) is 5.12. The van der Waals surface area contributed by atoms with Crippen LogP contribution in [0.4, 0.5) is 6.01 Å². The summed E-state index contributed by atoms with van der Waals surface area (Å²) < 4.78 is 9.92. The molecule has 88 valence electrons. The van der Waals surface area contributed by atoms with Gasteiger partial charge in [0.2, 0.25) is 0 Å². The van der Waals surface area contributed by atoms with E-state index in [0.29, 0.717) is 25.7 Å². The van der Waals surface area contributed by atoms with Gasteiger partial charge in [-0.15, -0.1) is 0 Å². The van der Waals surface area contributed by atoms with Gasteiger partial charge < -0.3 is 19.2 Å². The molecule has 16 heavy (non-hydrogen) atoms. The Kier molecular flexibility index (Phi) is 2.59. The first kappa shape index (κ1) is 10.9. The molecule has 0 spiro atoms. The lowest BCUT2D eigenvalue weighted by Crippen LogP contribution is -2.60. The first-order chi connectivity index (χ1) is 7.52. The Bertz CT molecular complexity index is 391. The topological polar surface area (TPSA) is 75.8 Å². The molecule has 0 unspecified atom stereocenters. The van der Waals surface area contributed by atoms with Gasteiger partial charge >= 0.3 is 5.97 Å². The van der Waals surface area contributed by atoms with Crippen molar-refractivity contribution in [3.8, 4) is 0 Å². The Hall–Kier alpha value is -1.56. The molecule has 2 rings (SSSR count). The van der Waals surface area contributed by atoms with Crippen LogP contribution in [-0.2, 0) is 4.74 Å². The highest BCUT2D eigenvalue weighted by molar-refractivity contribution is 5.87. The molecule has 0 saturated carbocycles. The summed E-state index contributed by atoms with van der Waals surface area (Å²) in [4.78, 5) is 17.0. The predicted molar refractivity (Wildman–Crippen MR) is 55.3 cm³/mol. The second kappa shape index (κ2) is 3.79. The second-order valence-corrected chi connectivity index (χ2v) is 4.09. The van der Waals surface area contributed by atoms with E-state index < -0.39 is 11.6 Å². The van der Waals surface area contributed by atoms with Crippen LogP contribution in [0.5, 0.6) is 0 Å². The molecule has 0 aliphatic carbocycles. The van der Waals surface area contributed by atoms with E-state index in [9.17, 15) is 9.90 Å². The van der Waals surface area contributed by atoms with Crippen molar-refractivity contribution in [1.29, 1.82) is 0 Å². The smallest absolute Gasteiger partial charge is 0.360 e. The number of β-amino-alcohol motifs (C(OH)–C–C–N with tert-alkyl or cyclic N) is 1. The van der Waals surface area contributed by atoms with Gasteiger partial charge in [0.1, 0.15) is 6.26 Å². The van der Waals surface area contributed by atoms with Crippen LogP contribution in [0, 0.1) is 0 Å². The number of nitrogens with zero attached hydrogens (tertiary/aromatic N) is 2. The zero-order chi connectivity index (χ0) is 11.8. The molecule has 2 heterocycles. The van der Waals surface area contributed by atoms with E-state index in [0.717, 1.165) is 0 Å². The average Bonchev–Trinajstić information content (AvgIpc) is 2.62. The molecule has 1 aliphatic rings. The molecular formula is C10H14N2O4. The number of ether oxygens (including phenoxy) is 1. The van der Waals surface area contributed by atoms with E-state index in [-0.39, 0.29) is 5.69 Å². The molecule has 0 atom stereocenters. The summed E-state index contributed by atoms with van der Waals surface area (Å²) in [6.45, 7) is 4.68. The Morgan fingerprint density at radius 3 is 3.00 bits per heavy atom. The van der Waals surface area contributed by atoms with Crippen LogP contribution in [0.25, 0.3) is 0 Å². The molecule has 1 aromatic heterocycles. The van der Waals surface area contributed by atoms with Crippen molar-refractivity contribution in [2.45, 2.75) is 19.4 Å². The number of hydrogen-bond donors (Lipinski definition) is 1. The van der Waals surface area contributed by atoms with Crippen molar-refractivity contribution in [2.75, 3.05) is 24.6 Å². The summed E-state index contributed by atoms with van der Waals surface area (Å²) in [5, 5.41) is 9.54. The van der Waals surface area contributed by atoms with E-state index in [1.165, 1.54) is 6.26 Å². The Labute approximate surface area is 92.8 Å². The van der Waals surface area contributed by atoms with Gasteiger partial charge in [-0.2, -0.15) is 4.98 Å². The van der Waals surface area contributed by atoms with Gasteiger partial charge in [-0.25, -0.2) is 4.79 Å². The molecule has 1 aliphatic heterocycles. The summed E-state index contributed by atoms with van der Waals surface area (Å²) in [5.41, 5.74) is -0.540. The van der Waals surface area contributed by atoms with Gasteiger partial charge in [-0.3, -0.25) is 0 Å². The van der Waals surface area contributed by atoms with Crippen LogP contribution < -0.4 is 4.90 Å². The Morgan fingerprint density at radius 1 is 1.75 bits per heavy atom. The average molecular weight is 226 g/mol. The number of esters is 1. The number of aliphatic hydroxyl groups is 1. The minimum Gasteiger partial charge on any atom is -0.461 e. The molecule has 1 saturated heterocycles. The second-order valence-electron chi connectivity index (χ2n) is 4.09. The number of rotatable bonds is 3. The summed E-state index contributed by atoms with van der Waals surface area (Å²) in [7, 11) is 0. The Balaban J connectivity index is 2.01. The van der Waals surface area contributed by atoms with Crippen LogP contribution in [-0.4, -0.2) is 41.4 Å². The third kappa shape index (κ3) is 2.01. The maximum Gasteiger partial charge on any atom is 0.360 e. The van der Waals surface area contributed by atoms with Gasteiger partial charge in [0.25, 0.3) is 6.01 Å². The van der Waals surface area contributed by atoms with E-state index in [1.807, 2.05) is 0 Å². The summed E-state index contributed by atoms with van der Waals surface area (Å²) in [6.07, 6.45) is 1.26. The van der Waals surface area contributed by atoms with E-state index in [1.54, 1.807) is 18.7 Å². The Morgan fingerprint density at radius 2 is 2.44 bits per heavy atom. The van der Waals surface area contributed by atoms with Crippen molar-refractivity contribution in [1.82, 2.24) is 4.98 Å². The summed E-state index contributed by atoms with van der Waals surface area (Å²) in [6, 6.07) is 0.342. The summed E-state index contributed by atoms with van der Waals surface area (Å²) in [5.74, 6) is -0.496. The molecule has 6 nitrogen and oxygen atoms in total. The van der Waals surface area contributed by atoms with Crippen molar-refractivity contribution in [2.24, 2.45) is 0 Å². The van der Waals surface area contributed by atoms with E-state index in [2.05, 4.69) is 4.98 Å². The molecule has 1 fully saturated rings. The lowest BCUT2D eigenvalue weighted by atomic mass is 9.98. The van der Waals surface area contributed by atoms with Crippen molar-refractivity contribution in [3.63, 3.8) is 0 Å². The van der Waals surface area contributed by atoms with Crippen molar-refractivity contribution in [3.05, 3.63) is 12.0 Å². The highest BCUT2D eigenvalue weighted by Gasteiger charge is 2.39. The van der Waals surface area contributed by atoms with Crippen LogP contribution in [0.1, 0.15) is 24.3 Å². The lowest BCUT2D eigenvalue weighted by Gasteiger charge is -2.42. The highest BCUT2D eigenvalue weighted by Crippen LogP contribution is 2.26. The third-order valence-electron chi connectivity index (χ3n) is 2.31. The summed E-state index contributed by atoms with van der Waals surface area (Å²) >= 11 is 0. The molecule has 1 aromatic rings. The molecule has 0 aromatic carbocycles. The van der Waals surface area contributed by atoms with Gasteiger partial charge in [0, 0.05) is 0 Å². The fourth-order valence-electron chi connectivity index (χ4n) is 1.62. The number of aromatic nitrogens is 1. The van der Waals surface area contributed by atoms with E-state index >= 15 is 0 Å². The van der Waals surface area contributed by atoms with Gasteiger partial charge in [-0.1, -0.05) is 0 Å². The largest absolute Gasteiger partial charge is 0.461 e. The number of carbonyl (C=O) groups excluding carboxylic acids is 1. The first-order valence-corrected chi connectivity index (χ1v) is 5.12. The fraction of sp³-hybridized carbons (Fsp3) is 0.600. The number of hydrogen-bond acceptors (Lipinski definition) is 6. The maximum atomic E-state index is 11.3. The van der Waals surface area contributed by atoms with Crippen molar-refractivity contribution < 1.29 is 19.1 Å². The monoisotopic (exact) mass is 226 g/mol. The molecular weight excluding hydrogens is 212 g/mol. The quantitative estimate of drug-likeness (QED) is 0.753. The van der Waals surface area contributed by atoms with Gasteiger partial charge in [-0.05, 0) is 13.8 Å². The number of anilines is 1. The molecule has 1 N–H and O–H groups in total. The molecule has 0 amide bonds. The van der Waals surface area contributed by atoms with Crippen LogP contribution in [0.15, 0.2) is 10.7 Å². The highest BCUT2D eigenvalue weighted by atomic mass is 16.5. The molecule has 0 bridgehead atoms. The van der Waals surface area contributed by atoms with Gasteiger partial charge in [0.15, 0.2) is 5.69 Å². The SMILES string of the molecule is CCOC(=O)c1coc(N2CC(C)(O)C2)n1. The third-order valence-corrected chi connectivity index (χ3v) is 2.31. The van der Waals surface area contributed by atoms with Crippen LogP contribution in [0.3, 0.4) is 0 Å². The number of oxazole rings is 1. The van der Waals surface area contributed by atoms with Crippen LogP contribution >= 0.6 is 0 Å². The number of carbonyl (C=O) groups is 1. The standard InChI is InChI=1S/C10H14N2O4/c1-3-15-8(13)7-4-16-9(11-7)12-5-10(2,14)6-12/h4,14H,3,5-6H2,1-2H3. The zero-order valence-corrected chi connectivity index (χ0v) is 9.27. The maximum absolute atomic E-state index is 11.3. The lowest BCUT2D eigenvalue weighted by molar-refractivity contribution is 0.0278. The fourth-order valence-corrected chi connectivity index (χ4v) is 1.62.